The number of pyridine rings is 1. The smallest absolute Gasteiger partial charge is 0.269 e. The maximum Gasteiger partial charge on any atom is 0.269 e. The number of amides is 1. The Labute approximate surface area is 115 Å². The van der Waals surface area contributed by atoms with Gasteiger partial charge in [-0.3, -0.25) is 9.78 Å². The Bertz CT molecular complexity index is 408. The number of anilines is 1. The van der Waals surface area contributed by atoms with E-state index in [1.165, 1.54) is 0 Å². The van der Waals surface area contributed by atoms with E-state index in [9.17, 15) is 4.79 Å². The van der Waals surface area contributed by atoms with Gasteiger partial charge in [0.05, 0.1) is 0 Å². The first-order valence-electron chi connectivity index (χ1n) is 6.81. The van der Waals surface area contributed by atoms with Crippen molar-refractivity contribution in [2.75, 3.05) is 31.1 Å². The number of hydrogen-bond acceptors (Lipinski definition) is 4. The molecule has 0 spiro atoms. The molecule has 0 saturated carbocycles. The van der Waals surface area contributed by atoms with Crippen molar-refractivity contribution in [3.63, 3.8) is 0 Å². The molecular weight excluding hydrogens is 240 g/mol. The fourth-order valence-electron chi connectivity index (χ4n) is 1.86. The molecule has 1 atom stereocenters. The summed E-state index contributed by atoms with van der Waals surface area (Å²) in [6.07, 6.45) is 1.68. The highest BCUT2D eigenvalue weighted by Gasteiger charge is 2.12. The Morgan fingerprint density at radius 2 is 2.26 bits per heavy atom. The van der Waals surface area contributed by atoms with E-state index in [2.05, 4.69) is 29.0 Å². The maximum absolute atomic E-state index is 11.8. The lowest BCUT2D eigenvalue weighted by molar-refractivity contribution is 0.0951. The van der Waals surface area contributed by atoms with Gasteiger partial charge in [0.25, 0.3) is 5.91 Å². The number of nitrogens with two attached hydrogens (primary N) is 1. The van der Waals surface area contributed by atoms with Crippen LogP contribution in [0.5, 0.6) is 0 Å². The Balaban J connectivity index is 2.86. The normalized spacial score (nSPS) is 12.0. The number of aromatic nitrogens is 1. The topological polar surface area (TPSA) is 71.2 Å². The van der Waals surface area contributed by atoms with Crippen LogP contribution in [0, 0.1) is 5.92 Å². The highest BCUT2D eigenvalue weighted by molar-refractivity contribution is 5.93. The first-order chi connectivity index (χ1) is 9.12. The molecule has 19 heavy (non-hydrogen) atoms. The summed E-state index contributed by atoms with van der Waals surface area (Å²) >= 11 is 0. The van der Waals surface area contributed by atoms with Crippen LogP contribution in [0.2, 0.25) is 0 Å². The molecule has 0 aliphatic rings. The van der Waals surface area contributed by atoms with Crippen molar-refractivity contribution in [1.29, 1.82) is 0 Å². The average molecular weight is 264 g/mol. The molecule has 1 aromatic heterocycles. The van der Waals surface area contributed by atoms with Crippen molar-refractivity contribution in [3.8, 4) is 0 Å². The first-order valence-corrected chi connectivity index (χ1v) is 6.81. The molecule has 3 N–H and O–H groups in total. The number of rotatable bonds is 7. The highest BCUT2D eigenvalue weighted by atomic mass is 16.1. The van der Waals surface area contributed by atoms with Gasteiger partial charge in [-0.1, -0.05) is 6.92 Å². The molecule has 0 radical (unpaired) electrons. The number of carbonyl (C=O) groups is 1. The lowest BCUT2D eigenvalue weighted by Gasteiger charge is -2.26. The van der Waals surface area contributed by atoms with Crippen molar-refractivity contribution in [2.45, 2.75) is 20.8 Å². The molecule has 0 fully saturated rings. The van der Waals surface area contributed by atoms with Gasteiger partial charge in [-0.05, 0) is 38.4 Å². The standard InChI is InChI=1S/C14H24N4O/c1-4-16-14(19)13-8-12(6-7-17-13)18(5-2)10-11(3)9-15/h6-8,11H,4-5,9-10,15H2,1-3H3,(H,16,19). The van der Waals surface area contributed by atoms with Crippen molar-refractivity contribution < 1.29 is 4.79 Å². The Morgan fingerprint density at radius 1 is 1.53 bits per heavy atom. The third-order valence-electron chi connectivity index (χ3n) is 2.99. The second-order valence-corrected chi connectivity index (χ2v) is 4.64. The van der Waals surface area contributed by atoms with E-state index >= 15 is 0 Å². The van der Waals surface area contributed by atoms with Gasteiger partial charge >= 0.3 is 0 Å². The molecule has 0 saturated heterocycles. The van der Waals surface area contributed by atoms with Gasteiger partial charge in [0, 0.05) is 31.5 Å². The number of hydrogen-bond donors (Lipinski definition) is 2. The van der Waals surface area contributed by atoms with Crippen molar-refractivity contribution in [2.24, 2.45) is 11.7 Å². The predicted molar refractivity (Wildman–Crippen MR) is 78.3 cm³/mol. The maximum atomic E-state index is 11.8. The zero-order valence-electron chi connectivity index (χ0n) is 12.0. The van der Waals surface area contributed by atoms with Crippen molar-refractivity contribution in [1.82, 2.24) is 10.3 Å². The third kappa shape index (κ3) is 4.52. The number of carbonyl (C=O) groups excluding carboxylic acids is 1. The highest BCUT2D eigenvalue weighted by Crippen LogP contribution is 2.16. The number of nitrogens with one attached hydrogen (secondary N) is 1. The molecule has 0 aliphatic heterocycles. The van der Waals surface area contributed by atoms with Gasteiger partial charge in [0.15, 0.2) is 0 Å². The van der Waals surface area contributed by atoms with Crippen LogP contribution >= 0.6 is 0 Å². The van der Waals surface area contributed by atoms with Gasteiger partial charge in [0.1, 0.15) is 5.69 Å². The fourth-order valence-corrected chi connectivity index (χ4v) is 1.86. The molecule has 0 aromatic carbocycles. The lowest BCUT2D eigenvalue weighted by Crippen LogP contribution is -2.32. The molecular formula is C14H24N4O. The minimum absolute atomic E-state index is 0.132. The summed E-state index contributed by atoms with van der Waals surface area (Å²) in [5.74, 6) is 0.285. The molecule has 0 bridgehead atoms. The molecule has 1 heterocycles. The molecule has 5 nitrogen and oxygen atoms in total. The average Bonchev–Trinajstić information content (AvgIpc) is 2.44. The molecule has 1 aromatic rings. The molecule has 5 heteroatoms. The summed E-state index contributed by atoms with van der Waals surface area (Å²) < 4.78 is 0. The van der Waals surface area contributed by atoms with Gasteiger partial charge < -0.3 is 16.0 Å². The van der Waals surface area contributed by atoms with Crippen molar-refractivity contribution in [3.05, 3.63) is 24.0 Å². The summed E-state index contributed by atoms with van der Waals surface area (Å²) in [6.45, 7) is 9.12. The minimum Gasteiger partial charge on any atom is -0.371 e. The molecule has 0 aliphatic carbocycles. The Kier molecular flexibility index (Phi) is 6.29. The summed E-state index contributed by atoms with van der Waals surface area (Å²) in [4.78, 5) is 18.1. The molecule has 1 rings (SSSR count). The van der Waals surface area contributed by atoms with E-state index in [-0.39, 0.29) is 5.91 Å². The monoisotopic (exact) mass is 264 g/mol. The van der Waals surface area contributed by atoms with Crippen molar-refractivity contribution >= 4 is 11.6 Å². The van der Waals surface area contributed by atoms with Gasteiger partial charge in [-0.15, -0.1) is 0 Å². The quantitative estimate of drug-likeness (QED) is 0.777. The molecule has 106 valence electrons. The van der Waals surface area contributed by atoms with Crippen LogP contribution in [0.4, 0.5) is 5.69 Å². The second-order valence-electron chi connectivity index (χ2n) is 4.64. The summed E-state index contributed by atoms with van der Waals surface area (Å²) in [5, 5.41) is 2.76. The van der Waals surface area contributed by atoms with Crippen LogP contribution in [-0.2, 0) is 0 Å². The Hall–Kier alpha value is -1.62. The van der Waals surface area contributed by atoms with E-state index in [1.54, 1.807) is 6.20 Å². The predicted octanol–water partition coefficient (Wildman–Crippen LogP) is 1.25. The Morgan fingerprint density at radius 3 is 2.84 bits per heavy atom. The zero-order chi connectivity index (χ0) is 14.3. The van der Waals surface area contributed by atoms with Crippen LogP contribution in [0.15, 0.2) is 18.3 Å². The first kappa shape index (κ1) is 15.4. The minimum atomic E-state index is -0.132. The van der Waals surface area contributed by atoms with E-state index in [4.69, 9.17) is 5.73 Å². The zero-order valence-corrected chi connectivity index (χ0v) is 12.0. The van der Waals surface area contributed by atoms with E-state index in [1.807, 2.05) is 19.1 Å². The summed E-state index contributed by atoms with van der Waals surface area (Å²) in [7, 11) is 0. The van der Waals surface area contributed by atoms with Gasteiger partial charge in [-0.25, -0.2) is 0 Å². The largest absolute Gasteiger partial charge is 0.371 e. The SMILES string of the molecule is CCNC(=O)c1cc(N(CC)CC(C)CN)ccn1. The molecule has 1 unspecified atom stereocenters. The number of nitrogens with zero attached hydrogens (tertiary/aromatic N) is 2. The second kappa shape index (κ2) is 7.74. The fraction of sp³-hybridized carbons (Fsp3) is 0.571. The van der Waals surface area contributed by atoms with Crippen LogP contribution in [0.25, 0.3) is 0 Å². The molecule has 1 amide bonds. The van der Waals surface area contributed by atoms with Crippen LogP contribution < -0.4 is 16.0 Å². The summed E-state index contributed by atoms with van der Waals surface area (Å²) in [6, 6.07) is 3.76. The van der Waals surface area contributed by atoms with E-state index in [0.717, 1.165) is 18.8 Å². The summed E-state index contributed by atoms with van der Waals surface area (Å²) in [5.41, 5.74) is 7.14. The van der Waals surface area contributed by atoms with E-state index < -0.39 is 0 Å². The van der Waals surface area contributed by atoms with E-state index in [0.29, 0.717) is 24.7 Å². The van der Waals surface area contributed by atoms with Crippen LogP contribution in [-0.4, -0.2) is 37.1 Å². The van der Waals surface area contributed by atoms with Crippen LogP contribution in [0.1, 0.15) is 31.3 Å². The van der Waals surface area contributed by atoms with Gasteiger partial charge in [0.2, 0.25) is 0 Å². The van der Waals surface area contributed by atoms with Crippen LogP contribution in [0.3, 0.4) is 0 Å². The lowest BCUT2D eigenvalue weighted by atomic mass is 10.1. The third-order valence-corrected chi connectivity index (χ3v) is 2.99. The van der Waals surface area contributed by atoms with Gasteiger partial charge in [-0.2, -0.15) is 0 Å².